The molecule has 3 fully saturated rings. The number of pyridine rings is 1. The maximum absolute atomic E-state index is 17.0. The number of benzene rings is 2. The highest BCUT2D eigenvalue weighted by molar-refractivity contribution is 6.01. The van der Waals surface area contributed by atoms with Gasteiger partial charge in [0.1, 0.15) is 34.2 Å². The number of hydrogen-bond acceptors (Lipinski definition) is 10. The van der Waals surface area contributed by atoms with Crippen LogP contribution in [0.25, 0.3) is 32.9 Å². The van der Waals surface area contributed by atoms with Gasteiger partial charge in [0.2, 0.25) is 0 Å². The van der Waals surface area contributed by atoms with Crippen molar-refractivity contribution in [1.82, 2.24) is 19.9 Å². The molecule has 12 heteroatoms. The SMILES string of the molecule is CCc1c(F)ccc2cc(O)cc(-c3ncc4c(N5CCOC[C@@](C)(O)C5)nc(OC[C@]56CCC[C@H]5N(CC(C)(C)O)CCC6)nc4c3F)c12. The van der Waals surface area contributed by atoms with Crippen molar-refractivity contribution < 1.29 is 33.6 Å². The molecule has 4 heterocycles. The highest BCUT2D eigenvalue weighted by Crippen LogP contribution is 2.48. The molecular formula is C38H47F2N5O5. The number of ether oxygens (including phenoxy) is 2. The molecule has 0 unspecified atom stereocenters. The molecule has 1 aliphatic carbocycles. The summed E-state index contributed by atoms with van der Waals surface area (Å²) >= 11 is 0. The highest BCUT2D eigenvalue weighted by Gasteiger charge is 2.49. The van der Waals surface area contributed by atoms with Crippen LogP contribution in [0.4, 0.5) is 14.6 Å². The standard InChI is InChI=1S/C38H47F2N5O5/c1-5-25-28(39)10-9-23-16-24(46)17-26(30(23)25)32-31(40)33-27(18-41-32)34(45-14-15-49-21-37(4,48)20-45)43-35(42-33)50-22-38-11-6-8-29(38)44(13-7-12-38)19-36(2,3)47/h9-10,16-18,29,46-48H,5-8,11-15,19-22H2,1-4H3/t29-,37+,38-/m1/s1. The summed E-state index contributed by atoms with van der Waals surface area (Å²) in [4.78, 5) is 18.3. The van der Waals surface area contributed by atoms with Gasteiger partial charge in [-0.1, -0.05) is 19.4 Å². The van der Waals surface area contributed by atoms with Crippen LogP contribution in [-0.2, 0) is 11.2 Å². The van der Waals surface area contributed by atoms with E-state index in [9.17, 15) is 15.3 Å². The first-order chi connectivity index (χ1) is 23.8. The third-order valence-corrected chi connectivity index (χ3v) is 10.7. The van der Waals surface area contributed by atoms with E-state index in [1.54, 1.807) is 13.0 Å². The fourth-order valence-electron chi connectivity index (χ4n) is 8.64. The lowest BCUT2D eigenvalue weighted by Gasteiger charge is -2.47. The van der Waals surface area contributed by atoms with Crippen LogP contribution in [0.15, 0.2) is 30.5 Å². The molecule has 0 spiro atoms. The second-order valence-corrected chi connectivity index (χ2v) is 15.4. The lowest BCUT2D eigenvalue weighted by Crippen LogP contribution is -2.55. The molecule has 3 aliphatic rings. The van der Waals surface area contributed by atoms with Crippen molar-refractivity contribution in [1.29, 1.82) is 0 Å². The van der Waals surface area contributed by atoms with E-state index in [1.807, 2.05) is 25.7 Å². The molecule has 3 N–H and O–H groups in total. The van der Waals surface area contributed by atoms with Crippen LogP contribution in [0, 0.1) is 17.0 Å². The predicted molar refractivity (Wildman–Crippen MR) is 188 cm³/mol. The quantitative estimate of drug-likeness (QED) is 0.210. The molecule has 1 saturated carbocycles. The summed E-state index contributed by atoms with van der Waals surface area (Å²) < 4.78 is 44.2. The Kier molecular flexibility index (Phi) is 9.11. The summed E-state index contributed by atoms with van der Waals surface area (Å²) in [5, 5.41) is 33.7. The number of anilines is 1. The Bertz CT molecular complexity index is 1920. The van der Waals surface area contributed by atoms with E-state index in [0.29, 0.717) is 60.3 Å². The Morgan fingerprint density at radius 3 is 2.70 bits per heavy atom. The molecule has 0 amide bonds. The largest absolute Gasteiger partial charge is 0.508 e. The first-order valence-electron chi connectivity index (χ1n) is 17.7. The zero-order valence-electron chi connectivity index (χ0n) is 29.3. The topological polar surface area (TPSA) is 124 Å². The molecule has 0 radical (unpaired) electrons. The van der Waals surface area contributed by atoms with Gasteiger partial charge in [-0.2, -0.15) is 9.97 Å². The van der Waals surface area contributed by atoms with Crippen LogP contribution in [0.5, 0.6) is 11.8 Å². The minimum Gasteiger partial charge on any atom is -0.508 e. The summed E-state index contributed by atoms with van der Waals surface area (Å²) in [7, 11) is 0. The molecule has 2 saturated heterocycles. The van der Waals surface area contributed by atoms with Crippen LogP contribution >= 0.6 is 0 Å². The van der Waals surface area contributed by atoms with Gasteiger partial charge in [0.25, 0.3) is 0 Å². The second-order valence-electron chi connectivity index (χ2n) is 15.4. The van der Waals surface area contributed by atoms with E-state index in [1.165, 1.54) is 24.4 Å². The average molecular weight is 692 g/mol. The van der Waals surface area contributed by atoms with Crippen LogP contribution < -0.4 is 9.64 Å². The maximum atomic E-state index is 17.0. The summed E-state index contributed by atoms with van der Waals surface area (Å²) in [6.07, 6.45) is 6.82. The molecule has 2 aromatic heterocycles. The molecular weight excluding hydrogens is 644 g/mol. The number of phenols is 1. The van der Waals surface area contributed by atoms with Gasteiger partial charge in [-0.05, 0) is 94.0 Å². The number of phenolic OH excluding ortho intramolecular Hbond substituents is 1. The zero-order valence-corrected chi connectivity index (χ0v) is 29.3. The Balaban J connectivity index is 1.34. The second kappa shape index (κ2) is 13.1. The number of likely N-dealkylation sites (tertiary alicyclic amines) is 1. The lowest BCUT2D eigenvalue weighted by molar-refractivity contribution is -0.0431. The minimum absolute atomic E-state index is 0.00838. The normalized spacial score (nSPS) is 24.9. The maximum Gasteiger partial charge on any atom is 0.319 e. The number of halogens is 2. The van der Waals surface area contributed by atoms with Gasteiger partial charge in [0, 0.05) is 36.3 Å². The summed E-state index contributed by atoms with van der Waals surface area (Å²) in [6.45, 7) is 10.0. The first kappa shape index (κ1) is 34.7. The fourth-order valence-corrected chi connectivity index (χ4v) is 8.64. The van der Waals surface area contributed by atoms with Crippen molar-refractivity contribution in [2.75, 3.05) is 50.9 Å². The number of hydrogen-bond donors (Lipinski definition) is 3. The monoisotopic (exact) mass is 691 g/mol. The minimum atomic E-state index is -1.19. The van der Waals surface area contributed by atoms with Crippen molar-refractivity contribution in [2.45, 2.75) is 83.5 Å². The Hall–Kier alpha value is -3.71. The van der Waals surface area contributed by atoms with E-state index < -0.39 is 22.8 Å². The summed E-state index contributed by atoms with van der Waals surface area (Å²) in [5.41, 5.74) is -1.63. The molecule has 268 valence electrons. The smallest absolute Gasteiger partial charge is 0.319 e. The Morgan fingerprint density at radius 1 is 1.12 bits per heavy atom. The van der Waals surface area contributed by atoms with Crippen molar-refractivity contribution >= 4 is 27.5 Å². The van der Waals surface area contributed by atoms with Gasteiger partial charge in [-0.3, -0.25) is 9.88 Å². The molecule has 10 nitrogen and oxygen atoms in total. The summed E-state index contributed by atoms with van der Waals surface area (Å²) in [6, 6.07) is 6.09. The Morgan fingerprint density at radius 2 is 1.92 bits per heavy atom. The van der Waals surface area contributed by atoms with Gasteiger partial charge in [0.15, 0.2) is 5.82 Å². The third-order valence-electron chi connectivity index (χ3n) is 10.7. The number of fused-ring (bicyclic) bond motifs is 3. The molecule has 7 rings (SSSR count). The van der Waals surface area contributed by atoms with Crippen LogP contribution in [-0.4, -0.2) is 98.4 Å². The number of aromatic hydroxyl groups is 1. The van der Waals surface area contributed by atoms with E-state index in [0.717, 1.165) is 38.6 Å². The van der Waals surface area contributed by atoms with Crippen molar-refractivity contribution in [3.8, 4) is 23.0 Å². The average Bonchev–Trinajstić information content (AvgIpc) is 3.41. The molecule has 0 bridgehead atoms. The first-order valence-corrected chi connectivity index (χ1v) is 17.7. The number of aromatic nitrogens is 3. The molecule has 2 aliphatic heterocycles. The van der Waals surface area contributed by atoms with Gasteiger partial charge in [-0.25, -0.2) is 8.78 Å². The zero-order chi connectivity index (χ0) is 35.4. The number of aryl methyl sites for hydroxylation is 1. The molecule has 50 heavy (non-hydrogen) atoms. The highest BCUT2D eigenvalue weighted by atomic mass is 19.1. The third kappa shape index (κ3) is 6.58. The number of nitrogens with zero attached hydrogens (tertiary/aromatic N) is 5. The van der Waals surface area contributed by atoms with E-state index in [4.69, 9.17) is 14.5 Å². The van der Waals surface area contributed by atoms with Crippen molar-refractivity contribution in [3.63, 3.8) is 0 Å². The number of β-amino-alcohol motifs (C(OH)–C–C–N with tert-alkyl or cyclic N) is 2. The van der Waals surface area contributed by atoms with Crippen LogP contribution in [0.3, 0.4) is 0 Å². The van der Waals surface area contributed by atoms with Crippen LogP contribution in [0.2, 0.25) is 0 Å². The van der Waals surface area contributed by atoms with E-state index >= 15 is 8.78 Å². The fraction of sp³-hybridized carbons (Fsp3) is 0.553. The van der Waals surface area contributed by atoms with E-state index in [-0.39, 0.29) is 53.1 Å². The van der Waals surface area contributed by atoms with Gasteiger partial charge in [0.05, 0.1) is 37.4 Å². The van der Waals surface area contributed by atoms with Gasteiger partial charge in [-0.15, -0.1) is 0 Å². The van der Waals surface area contributed by atoms with Gasteiger partial charge < -0.3 is 29.7 Å². The number of aliphatic hydroxyl groups is 2. The lowest BCUT2D eigenvalue weighted by atomic mass is 9.75. The number of rotatable bonds is 8. The molecule has 2 aromatic carbocycles. The van der Waals surface area contributed by atoms with Gasteiger partial charge >= 0.3 is 6.01 Å². The van der Waals surface area contributed by atoms with E-state index in [2.05, 4.69) is 14.9 Å². The molecule has 3 atom stereocenters. The predicted octanol–water partition coefficient (Wildman–Crippen LogP) is 5.76. The van der Waals surface area contributed by atoms with Crippen molar-refractivity contribution in [2.24, 2.45) is 5.41 Å². The summed E-state index contributed by atoms with van der Waals surface area (Å²) in [5.74, 6) is -0.907. The molecule has 4 aromatic rings. The Labute approximate surface area is 291 Å². The number of piperidine rings is 1. The van der Waals surface area contributed by atoms with Crippen molar-refractivity contribution in [3.05, 3.63) is 47.7 Å². The van der Waals surface area contributed by atoms with Crippen LogP contribution in [0.1, 0.15) is 65.4 Å².